The minimum atomic E-state index is -0.694. The van der Waals surface area contributed by atoms with E-state index in [1.54, 1.807) is 36.3 Å². The zero-order chi connectivity index (χ0) is 23.4. The molecule has 4 rings (SSSR count). The van der Waals surface area contributed by atoms with Gasteiger partial charge in [0.2, 0.25) is 0 Å². The summed E-state index contributed by atoms with van der Waals surface area (Å²) < 4.78 is 20.8. The second-order valence-electron chi connectivity index (χ2n) is 9.16. The molecule has 3 aromatic rings. The average Bonchev–Trinajstić information content (AvgIpc) is 3.24. The van der Waals surface area contributed by atoms with E-state index in [2.05, 4.69) is 10.1 Å². The van der Waals surface area contributed by atoms with Crippen LogP contribution in [-0.4, -0.2) is 37.8 Å². The van der Waals surface area contributed by atoms with Crippen LogP contribution in [0.25, 0.3) is 5.65 Å². The van der Waals surface area contributed by atoms with Gasteiger partial charge in [-0.05, 0) is 39.0 Å². The summed E-state index contributed by atoms with van der Waals surface area (Å²) >= 11 is 1.07. The van der Waals surface area contributed by atoms with E-state index >= 15 is 0 Å². The summed E-state index contributed by atoms with van der Waals surface area (Å²) in [6.45, 7) is 9.74. The number of nitro benzene ring substituents is 1. The number of carbonyl (C=O) groups excluding carboxylic acids is 1. The van der Waals surface area contributed by atoms with Gasteiger partial charge in [0.1, 0.15) is 17.7 Å². The molecule has 1 aliphatic heterocycles. The molecule has 0 spiro atoms. The third-order valence-electron chi connectivity index (χ3n) is 4.93. The molecule has 0 N–H and O–H groups in total. The van der Waals surface area contributed by atoms with Crippen LogP contribution in [0.3, 0.4) is 0 Å². The second-order valence-corrected chi connectivity index (χ2v) is 10.2. The van der Waals surface area contributed by atoms with Crippen LogP contribution in [0.1, 0.15) is 40.3 Å². The lowest BCUT2D eigenvalue weighted by Gasteiger charge is -2.25. The molecule has 9 nitrogen and oxygen atoms in total. The Balaban J connectivity index is 1.86. The third-order valence-corrected chi connectivity index (χ3v) is 6.01. The number of carbonyl (C=O) groups is 1. The van der Waals surface area contributed by atoms with Crippen LogP contribution in [0.15, 0.2) is 40.4 Å². The monoisotopic (exact) mass is 459 g/mol. The van der Waals surface area contributed by atoms with E-state index in [4.69, 9.17) is 4.74 Å². The molecule has 0 fully saturated rings. The molecule has 32 heavy (non-hydrogen) atoms. The lowest BCUT2D eigenvalue weighted by Crippen LogP contribution is -2.38. The van der Waals surface area contributed by atoms with Gasteiger partial charge >= 0.3 is 6.09 Å². The van der Waals surface area contributed by atoms with Gasteiger partial charge in [-0.15, -0.1) is 0 Å². The van der Waals surface area contributed by atoms with Gasteiger partial charge in [-0.1, -0.05) is 25.6 Å². The summed E-state index contributed by atoms with van der Waals surface area (Å²) in [6, 6.07) is 5.16. The van der Waals surface area contributed by atoms with E-state index in [1.807, 2.05) is 13.8 Å². The minimum Gasteiger partial charge on any atom is -0.443 e. The van der Waals surface area contributed by atoms with Crippen molar-refractivity contribution in [2.45, 2.75) is 55.4 Å². The molecule has 0 saturated carbocycles. The number of nitrogens with zero attached hydrogens (tertiary/aromatic N) is 5. The molecule has 0 bridgehead atoms. The van der Waals surface area contributed by atoms with E-state index in [1.165, 1.54) is 18.5 Å². The quantitative estimate of drug-likeness (QED) is 0.403. The van der Waals surface area contributed by atoms with Gasteiger partial charge < -0.3 is 4.74 Å². The molecular weight excluding hydrogens is 437 g/mol. The molecule has 1 amide bonds. The smallest absolute Gasteiger partial charge is 0.414 e. The first-order valence-electron chi connectivity index (χ1n) is 9.87. The average molecular weight is 460 g/mol. The lowest BCUT2D eigenvalue weighted by molar-refractivity contribution is -0.387. The number of rotatable bonds is 3. The fraction of sp³-hybridized carbons (Fsp3) is 0.381. The molecule has 11 heteroatoms. The Morgan fingerprint density at radius 1 is 1.28 bits per heavy atom. The molecule has 0 atom stereocenters. The first-order chi connectivity index (χ1) is 14.9. The van der Waals surface area contributed by atoms with Crippen molar-refractivity contribution in [3.8, 4) is 0 Å². The van der Waals surface area contributed by atoms with Crippen LogP contribution in [0.5, 0.6) is 0 Å². The zero-order valence-electron chi connectivity index (χ0n) is 18.2. The molecule has 3 heterocycles. The van der Waals surface area contributed by atoms with Crippen molar-refractivity contribution in [3.05, 3.63) is 52.2 Å². The number of benzene rings is 1. The predicted molar refractivity (Wildman–Crippen MR) is 117 cm³/mol. The molecule has 168 valence electrons. The molecule has 0 aliphatic carbocycles. The predicted octanol–water partition coefficient (Wildman–Crippen LogP) is 4.96. The third kappa shape index (κ3) is 3.88. The lowest BCUT2D eigenvalue weighted by atomic mass is 9.91. The Labute approximate surface area is 187 Å². The van der Waals surface area contributed by atoms with Gasteiger partial charge in [-0.3, -0.25) is 15.0 Å². The number of anilines is 1. The van der Waals surface area contributed by atoms with Crippen molar-refractivity contribution in [3.63, 3.8) is 0 Å². The zero-order valence-corrected chi connectivity index (χ0v) is 19.1. The first-order valence-corrected chi connectivity index (χ1v) is 10.7. The summed E-state index contributed by atoms with van der Waals surface area (Å²) in [5.74, 6) is -0.694. The Morgan fingerprint density at radius 3 is 2.66 bits per heavy atom. The van der Waals surface area contributed by atoms with Gasteiger partial charge in [0.05, 0.1) is 32.2 Å². The highest BCUT2D eigenvalue weighted by Gasteiger charge is 2.43. The van der Waals surface area contributed by atoms with E-state index in [-0.39, 0.29) is 10.6 Å². The van der Waals surface area contributed by atoms with E-state index in [0.29, 0.717) is 22.8 Å². The number of hydrogen-bond acceptors (Lipinski definition) is 7. The number of ether oxygens (including phenoxy) is 1. The summed E-state index contributed by atoms with van der Waals surface area (Å²) in [6.07, 6.45) is 0.901. The molecule has 0 saturated heterocycles. The summed E-state index contributed by atoms with van der Waals surface area (Å²) in [4.78, 5) is 30.4. The molecule has 0 unspecified atom stereocenters. The van der Waals surface area contributed by atoms with E-state index in [0.717, 1.165) is 23.5 Å². The number of amides is 1. The van der Waals surface area contributed by atoms with Crippen molar-refractivity contribution in [1.29, 1.82) is 0 Å². The highest BCUT2D eigenvalue weighted by molar-refractivity contribution is 7.99. The number of fused-ring (bicyclic) bond motifs is 3. The summed E-state index contributed by atoms with van der Waals surface area (Å²) in [5.41, 5.74) is 0.406. The first kappa shape index (κ1) is 22.0. The standard InChI is InChI=1S/C21H22FN5O4S/c1-20(2,3)31-19(28)25-10-21(4,5)17-14(25)9-16(18-23-11-24-26(17)18)32-15-7-6-12(22)8-13(15)27(29)30/h6-9,11H,10H2,1-5H3. The number of halogens is 1. The van der Waals surface area contributed by atoms with E-state index < -0.39 is 27.8 Å². The minimum absolute atomic E-state index is 0.252. The maximum Gasteiger partial charge on any atom is 0.414 e. The fourth-order valence-electron chi connectivity index (χ4n) is 3.73. The molecule has 0 radical (unpaired) electrons. The SMILES string of the molecule is CC(C)(C)OC(=O)N1CC(C)(C)c2c1cc(Sc1ccc(F)cc1[N+](=O)[O-])c1ncnn21. The molecule has 1 aromatic carbocycles. The summed E-state index contributed by atoms with van der Waals surface area (Å²) in [5, 5.41) is 15.8. The van der Waals surface area contributed by atoms with Crippen LogP contribution in [0.4, 0.5) is 20.6 Å². The van der Waals surface area contributed by atoms with Crippen LogP contribution in [0.2, 0.25) is 0 Å². The highest BCUT2D eigenvalue weighted by Crippen LogP contribution is 2.45. The van der Waals surface area contributed by atoms with Gasteiger partial charge in [0, 0.05) is 12.0 Å². The number of hydrogen-bond donors (Lipinski definition) is 0. The van der Waals surface area contributed by atoms with Crippen molar-refractivity contribution >= 4 is 34.9 Å². The van der Waals surface area contributed by atoms with Crippen molar-refractivity contribution in [2.24, 2.45) is 0 Å². The van der Waals surface area contributed by atoms with Crippen LogP contribution < -0.4 is 4.90 Å². The van der Waals surface area contributed by atoms with Crippen LogP contribution in [-0.2, 0) is 10.2 Å². The second kappa shape index (κ2) is 7.44. The highest BCUT2D eigenvalue weighted by atomic mass is 32.2. The van der Waals surface area contributed by atoms with Gasteiger partial charge in [-0.25, -0.2) is 18.7 Å². The van der Waals surface area contributed by atoms with Gasteiger partial charge in [0.15, 0.2) is 5.65 Å². The van der Waals surface area contributed by atoms with Gasteiger partial charge in [-0.2, -0.15) is 5.10 Å². The summed E-state index contributed by atoms with van der Waals surface area (Å²) in [7, 11) is 0. The number of pyridine rings is 1. The Morgan fingerprint density at radius 2 is 2.00 bits per heavy atom. The van der Waals surface area contributed by atoms with Crippen molar-refractivity contribution in [1.82, 2.24) is 14.6 Å². The van der Waals surface area contributed by atoms with Crippen LogP contribution in [0, 0.1) is 15.9 Å². The normalized spacial score (nSPS) is 15.1. The van der Waals surface area contributed by atoms with Crippen LogP contribution >= 0.6 is 11.8 Å². The Hall–Kier alpha value is -3.21. The number of nitro groups is 1. The molecule has 2 aromatic heterocycles. The largest absolute Gasteiger partial charge is 0.443 e. The molecular formula is C21H22FN5O4S. The fourth-order valence-corrected chi connectivity index (χ4v) is 4.74. The van der Waals surface area contributed by atoms with E-state index in [9.17, 15) is 19.3 Å². The topological polar surface area (TPSA) is 103 Å². The Kier molecular flexibility index (Phi) is 5.11. The van der Waals surface area contributed by atoms with Crippen molar-refractivity contribution in [2.75, 3.05) is 11.4 Å². The number of aromatic nitrogens is 3. The molecule has 1 aliphatic rings. The Bertz CT molecular complexity index is 1250. The van der Waals surface area contributed by atoms with Crippen molar-refractivity contribution < 1.29 is 18.8 Å². The van der Waals surface area contributed by atoms with Gasteiger partial charge in [0.25, 0.3) is 5.69 Å². The maximum atomic E-state index is 13.6. The maximum absolute atomic E-state index is 13.6.